The van der Waals surface area contributed by atoms with Crippen molar-refractivity contribution in [1.82, 2.24) is 0 Å². The van der Waals surface area contributed by atoms with Gasteiger partial charge in [-0.05, 0) is 67.3 Å². The van der Waals surface area contributed by atoms with Crippen LogP contribution in [0.1, 0.15) is 45.6 Å². The molecule has 22 heavy (non-hydrogen) atoms. The lowest BCUT2D eigenvalue weighted by Gasteiger charge is -2.23. The average molecular weight is 301 g/mol. The molecular formula is C19H27NO2. The first-order valence-corrected chi connectivity index (χ1v) is 8.34. The lowest BCUT2D eigenvalue weighted by molar-refractivity contribution is 0.405. The van der Waals surface area contributed by atoms with Crippen LogP contribution >= 0.6 is 0 Å². The predicted octanol–water partition coefficient (Wildman–Crippen LogP) is 4.83. The van der Waals surface area contributed by atoms with Crippen molar-refractivity contribution in [2.75, 3.05) is 18.0 Å². The fourth-order valence-corrected chi connectivity index (χ4v) is 2.99. The summed E-state index contributed by atoms with van der Waals surface area (Å²) in [7, 11) is 0. The van der Waals surface area contributed by atoms with Crippen LogP contribution in [0.3, 0.4) is 0 Å². The van der Waals surface area contributed by atoms with Crippen molar-refractivity contribution in [1.29, 1.82) is 0 Å². The zero-order chi connectivity index (χ0) is 16.1. The van der Waals surface area contributed by atoms with Crippen molar-refractivity contribution in [2.45, 2.75) is 46.5 Å². The van der Waals surface area contributed by atoms with Crippen LogP contribution in [0.5, 0.6) is 11.5 Å². The number of hydrogen-bond acceptors (Lipinski definition) is 3. The van der Waals surface area contributed by atoms with Crippen LogP contribution in [0.4, 0.5) is 5.69 Å². The molecule has 0 unspecified atom stereocenters. The van der Waals surface area contributed by atoms with Crippen molar-refractivity contribution < 1.29 is 10.2 Å². The number of aryl methyl sites for hydroxylation is 1. The molecule has 0 radical (unpaired) electrons. The maximum Gasteiger partial charge on any atom is 0.158 e. The molecule has 0 saturated carbocycles. The van der Waals surface area contributed by atoms with Gasteiger partial charge in [0.2, 0.25) is 0 Å². The lowest BCUT2D eigenvalue weighted by Crippen LogP contribution is -2.21. The van der Waals surface area contributed by atoms with Gasteiger partial charge in [0.25, 0.3) is 0 Å². The van der Waals surface area contributed by atoms with Gasteiger partial charge in [-0.15, -0.1) is 0 Å². The van der Waals surface area contributed by atoms with Gasteiger partial charge >= 0.3 is 0 Å². The van der Waals surface area contributed by atoms with Gasteiger partial charge in [-0.3, -0.25) is 0 Å². The number of fused-ring (bicyclic) bond motifs is 1. The molecule has 3 nitrogen and oxygen atoms in total. The Bertz CT molecular complexity index is 633. The second-order valence-corrected chi connectivity index (χ2v) is 5.80. The molecule has 0 aliphatic rings. The van der Waals surface area contributed by atoms with E-state index in [0.717, 1.165) is 36.7 Å². The van der Waals surface area contributed by atoms with E-state index in [9.17, 15) is 10.2 Å². The molecule has 0 aromatic heterocycles. The number of benzene rings is 2. The summed E-state index contributed by atoms with van der Waals surface area (Å²) in [5, 5.41) is 21.7. The van der Waals surface area contributed by atoms with Crippen molar-refractivity contribution in [2.24, 2.45) is 0 Å². The maximum atomic E-state index is 9.82. The molecule has 0 fully saturated rings. The van der Waals surface area contributed by atoms with E-state index < -0.39 is 0 Å². The van der Waals surface area contributed by atoms with Gasteiger partial charge < -0.3 is 15.1 Å². The third-order valence-electron chi connectivity index (χ3n) is 4.30. The average Bonchev–Trinajstić information content (AvgIpc) is 2.50. The number of rotatable bonds is 7. The largest absolute Gasteiger partial charge is 0.504 e. The normalized spacial score (nSPS) is 11.0. The lowest BCUT2D eigenvalue weighted by atomic mass is 9.97. The van der Waals surface area contributed by atoms with Gasteiger partial charge in [-0.25, -0.2) is 0 Å². The molecule has 0 heterocycles. The number of hydrogen-bond donors (Lipinski definition) is 2. The smallest absolute Gasteiger partial charge is 0.158 e. The van der Waals surface area contributed by atoms with E-state index >= 15 is 0 Å². The van der Waals surface area contributed by atoms with E-state index in [0.29, 0.717) is 0 Å². The highest BCUT2D eigenvalue weighted by atomic mass is 16.3. The number of nitrogens with zero attached hydrogens (tertiary/aromatic N) is 1. The number of phenols is 2. The molecule has 3 heteroatoms. The summed E-state index contributed by atoms with van der Waals surface area (Å²) in [6.07, 6.45) is 4.55. The molecule has 0 aliphatic heterocycles. The highest BCUT2D eigenvalue weighted by molar-refractivity contribution is 5.91. The van der Waals surface area contributed by atoms with Gasteiger partial charge in [0, 0.05) is 18.8 Å². The maximum absolute atomic E-state index is 9.82. The van der Waals surface area contributed by atoms with E-state index in [-0.39, 0.29) is 11.5 Å². The highest BCUT2D eigenvalue weighted by Gasteiger charge is 2.11. The first-order valence-electron chi connectivity index (χ1n) is 8.34. The third kappa shape index (κ3) is 3.46. The van der Waals surface area contributed by atoms with Crippen LogP contribution in [-0.4, -0.2) is 23.3 Å². The summed E-state index contributed by atoms with van der Waals surface area (Å²) in [5.74, 6) is -0.0939. The summed E-state index contributed by atoms with van der Waals surface area (Å²) < 4.78 is 0. The van der Waals surface area contributed by atoms with Crippen molar-refractivity contribution in [3.63, 3.8) is 0 Å². The standard InChI is InChI=1S/C19H27NO2/c1-4-7-8-9-14-10-16(20(5-2)6-3)11-15-12-18(21)19(22)13-17(14)15/h10-13,21-22H,4-9H2,1-3H3. The number of phenolic OH excluding ortho intramolecular Hbond substituents is 2. The van der Waals surface area contributed by atoms with Crippen LogP contribution in [0.2, 0.25) is 0 Å². The summed E-state index contributed by atoms with van der Waals surface area (Å²) in [6, 6.07) is 7.70. The minimum absolute atomic E-state index is 0.0418. The summed E-state index contributed by atoms with van der Waals surface area (Å²) in [4.78, 5) is 2.31. The Hall–Kier alpha value is -1.90. The van der Waals surface area contributed by atoms with Crippen molar-refractivity contribution in [3.8, 4) is 11.5 Å². The summed E-state index contributed by atoms with van der Waals surface area (Å²) in [6.45, 7) is 8.42. The van der Waals surface area contributed by atoms with Crippen molar-refractivity contribution in [3.05, 3.63) is 29.8 Å². The van der Waals surface area contributed by atoms with Crippen LogP contribution in [0.15, 0.2) is 24.3 Å². The molecular weight excluding hydrogens is 274 g/mol. The molecule has 0 bridgehead atoms. The van der Waals surface area contributed by atoms with Crippen LogP contribution in [0.25, 0.3) is 10.8 Å². The summed E-state index contributed by atoms with van der Waals surface area (Å²) in [5.41, 5.74) is 2.44. The minimum atomic E-state index is -0.0521. The fourth-order valence-electron chi connectivity index (χ4n) is 2.99. The molecule has 0 saturated heterocycles. The minimum Gasteiger partial charge on any atom is -0.504 e. The van der Waals surface area contributed by atoms with Crippen molar-refractivity contribution >= 4 is 16.5 Å². The highest BCUT2D eigenvalue weighted by Crippen LogP contribution is 2.35. The number of aromatic hydroxyl groups is 2. The van der Waals surface area contributed by atoms with Gasteiger partial charge in [-0.1, -0.05) is 19.8 Å². The van der Waals surface area contributed by atoms with Gasteiger partial charge in [-0.2, -0.15) is 0 Å². The van der Waals surface area contributed by atoms with Gasteiger partial charge in [0.15, 0.2) is 11.5 Å². The summed E-state index contributed by atoms with van der Waals surface area (Å²) >= 11 is 0. The Kier molecular flexibility index (Phi) is 5.53. The Labute approximate surface area is 133 Å². The Morgan fingerprint density at radius 3 is 2.18 bits per heavy atom. The molecule has 2 N–H and O–H groups in total. The number of anilines is 1. The van der Waals surface area contributed by atoms with E-state index in [1.54, 1.807) is 12.1 Å². The van der Waals surface area contributed by atoms with Crippen LogP contribution in [0, 0.1) is 0 Å². The topological polar surface area (TPSA) is 43.7 Å². The van der Waals surface area contributed by atoms with E-state index in [2.05, 4.69) is 37.8 Å². The van der Waals surface area contributed by atoms with Crippen LogP contribution in [-0.2, 0) is 6.42 Å². The second-order valence-electron chi connectivity index (χ2n) is 5.80. The van der Waals surface area contributed by atoms with E-state index in [1.807, 2.05) is 0 Å². The molecule has 2 rings (SSSR count). The zero-order valence-corrected chi connectivity index (χ0v) is 13.9. The molecule has 0 aliphatic carbocycles. The Morgan fingerprint density at radius 1 is 0.864 bits per heavy atom. The first kappa shape index (κ1) is 16.5. The zero-order valence-electron chi connectivity index (χ0n) is 13.9. The SMILES string of the molecule is CCCCCc1cc(N(CC)CC)cc2cc(O)c(O)cc12. The van der Waals surface area contributed by atoms with Gasteiger partial charge in [0.05, 0.1) is 0 Å². The quantitative estimate of drug-likeness (QED) is 0.568. The number of unbranched alkanes of at least 4 members (excludes halogenated alkanes) is 2. The second kappa shape index (κ2) is 7.39. The van der Waals surface area contributed by atoms with E-state index in [1.165, 1.54) is 24.1 Å². The Balaban J connectivity index is 2.53. The molecule has 120 valence electrons. The molecule has 2 aromatic carbocycles. The first-order chi connectivity index (χ1) is 10.6. The molecule has 0 amide bonds. The predicted molar refractivity (Wildman–Crippen MR) is 94.1 cm³/mol. The molecule has 0 atom stereocenters. The fraction of sp³-hybridized carbons (Fsp3) is 0.474. The molecule has 2 aromatic rings. The monoisotopic (exact) mass is 301 g/mol. The third-order valence-corrected chi connectivity index (χ3v) is 4.30. The Morgan fingerprint density at radius 2 is 1.55 bits per heavy atom. The van der Waals surface area contributed by atoms with Crippen LogP contribution < -0.4 is 4.90 Å². The van der Waals surface area contributed by atoms with E-state index in [4.69, 9.17) is 0 Å². The van der Waals surface area contributed by atoms with Gasteiger partial charge in [0.1, 0.15) is 0 Å². The molecule has 0 spiro atoms.